The van der Waals surface area contributed by atoms with Crippen LogP contribution in [0.3, 0.4) is 0 Å². The Morgan fingerprint density at radius 2 is 2.18 bits per heavy atom. The normalized spacial score (nSPS) is 37.6. The van der Waals surface area contributed by atoms with Crippen LogP contribution in [0.5, 0.6) is 0 Å². The van der Waals surface area contributed by atoms with Gasteiger partial charge in [0.25, 0.3) is 0 Å². The maximum absolute atomic E-state index is 11.2. The summed E-state index contributed by atoms with van der Waals surface area (Å²) in [6, 6.07) is 0.470. The van der Waals surface area contributed by atoms with Gasteiger partial charge in [-0.2, -0.15) is 0 Å². The van der Waals surface area contributed by atoms with Gasteiger partial charge < -0.3 is 10.6 Å². The van der Waals surface area contributed by atoms with Gasteiger partial charge in [-0.15, -0.1) is 0 Å². The van der Waals surface area contributed by atoms with E-state index in [-0.39, 0.29) is 11.8 Å². The third-order valence-corrected chi connectivity index (χ3v) is 2.68. The highest BCUT2D eigenvalue weighted by Gasteiger charge is 2.33. The van der Waals surface area contributed by atoms with E-state index in [4.69, 9.17) is 0 Å². The number of carbonyl (C=O) groups is 1. The van der Waals surface area contributed by atoms with Crippen molar-refractivity contribution in [3.63, 3.8) is 0 Å². The number of carbonyl (C=O) groups excluding carboxylic acids is 1. The summed E-state index contributed by atoms with van der Waals surface area (Å²) in [5.74, 6) is 0.516. The number of hydrogen-bond donors (Lipinski definition) is 2. The molecule has 0 aromatic heterocycles. The summed E-state index contributed by atoms with van der Waals surface area (Å²) in [5, 5.41) is 6.24. The van der Waals surface area contributed by atoms with Crippen LogP contribution < -0.4 is 10.6 Å². The van der Waals surface area contributed by atoms with E-state index >= 15 is 0 Å². The smallest absolute Gasteiger partial charge is 0.224 e. The summed E-state index contributed by atoms with van der Waals surface area (Å²) >= 11 is 0. The van der Waals surface area contributed by atoms with Crippen molar-refractivity contribution >= 4 is 5.91 Å². The predicted molar refractivity (Wildman–Crippen MR) is 42.1 cm³/mol. The van der Waals surface area contributed by atoms with Crippen LogP contribution >= 0.6 is 0 Å². The van der Waals surface area contributed by atoms with E-state index in [0.29, 0.717) is 6.04 Å². The zero-order valence-electron chi connectivity index (χ0n) is 6.60. The first-order valence-electron chi connectivity index (χ1n) is 4.39. The van der Waals surface area contributed by atoms with Gasteiger partial charge in [-0.1, -0.05) is 0 Å². The molecule has 2 aliphatic rings. The van der Waals surface area contributed by atoms with E-state index in [1.54, 1.807) is 0 Å². The third kappa shape index (κ3) is 1.25. The van der Waals surface area contributed by atoms with Crippen molar-refractivity contribution in [1.82, 2.24) is 10.6 Å². The van der Waals surface area contributed by atoms with Crippen molar-refractivity contribution in [2.24, 2.45) is 5.92 Å². The molecule has 2 N–H and O–H groups in total. The summed E-state index contributed by atoms with van der Waals surface area (Å²) in [4.78, 5) is 11.2. The first kappa shape index (κ1) is 7.10. The molecule has 11 heavy (non-hydrogen) atoms. The standard InChI is InChI=1S/C8H14N2O/c11-8-6(3-5-10-8)7-2-1-4-9-7/h6-7,9H,1-5H2,(H,10,11)/t6-,7+/m1/s1. The van der Waals surface area contributed by atoms with Gasteiger partial charge in [-0.25, -0.2) is 0 Å². The molecular weight excluding hydrogens is 140 g/mol. The molecule has 62 valence electrons. The fraction of sp³-hybridized carbons (Fsp3) is 0.875. The van der Waals surface area contributed by atoms with E-state index < -0.39 is 0 Å². The Bertz CT molecular complexity index is 163. The second-order valence-electron chi connectivity index (χ2n) is 3.39. The molecule has 2 saturated heterocycles. The van der Waals surface area contributed by atoms with Crippen molar-refractivity contribution in [2.45, 2.75) is 25.3 Å². The largest absolute Gasteiger partial charge is 0.356 e. The van der Waals surface area contributed by atoms with Crippen molar-refractivity contribution in [3.8, 4) is 0 Å². The van der Waals surface area contributed by atoms with Crippen molar-refractivity contribution < 1.29 is 4.79 Å². The Hall–Kier alpha value is -0.570. The Kier molecular flexibility index (Phi) is 1.82. The van der Waals surface area contributed by atoms with Crippen LogP contribution in [-0.2, 0) is 4.79 Å². The van der Waals surface area contributed by atoms with E-state index in [1.807, 2.05) is 0 Å². The summed E-state index contributed by atoms with van der Waals surface area (Å²) in [7, 11) is 0. The van der Waals surface area contributed by atoms with Gasteiger partial charge in [0.15, 0.2) is 0 Å². The van der Waals surface area contributed by atoms with Gasteiger partial charge >= 0.3 is 0 Å². The molecule has 0 aromatic carbocycles. The van der Waals surface area contributed by atoms with Crippen molar-refractivity contribution in [3.05, 3.63) is 0 Å². The lowest BCUT2D eigenvalue weighted by Gasteiger charge is -2.14. The molecule has 2 atom stereocenters. The summed E-state index contributed by atoms with van der Waals surface area (Å²) in [6.45, 7) is 1.97. The minimum absolute atomic E-state index is 0.254. The fourth-order valence-electron chi connectivity index (χ4n) is 2.05. The zero-order chi connectivity index (χ0) is 7.68. The van der Waals surface area contributed by atoms with Crippen LogP contribution in [0.4, 0.5) is 0 Å². The highest BCUT2D eigenvalue weighted by Crippen LogP contribution is 2.20. The molecular formula is C8H14N2O. The Labute approximate surface area is 66.5 Å². The maximum atomic E-state index is 11.2. The Morgan fingerprint density at radius 3 is 2.73 bits per heavy atom. The van der Waals surface area contributed by atoms with Gasteiger partial charge in [0.1, 0.15) is 0 Å². The van der Waals surface area contributed by atoms with Gasteiger partial charge in [0.2, 0.25) is 5.91 Å². The van der Waals surface area contributed by atoms with Crippen LogP contribution in [0.2, 0.25) is 0 Å². The second kappa shape index (κ2) is 2.81. The fourth-order valence-corrected chi connectivity index (χ4v) is 2.05. The lowest BCUT2D eigenvalue weighted by atomic mass is 9.97. The molecule has 2 heterocycles. The minimum Gasteiger partial charge on any atom is -0.356 e. The lowest BCUT2D eigenvalue weighted by molar-refractivity contribution is -0.123. The molecule has 2 aliphatic heterocycles. The van der Waals surface area contributed by atoms with E-state index in [1.165, 1.54) is 12.8 Å². The predicted octanol–water partition coefficient (Wildman–Crippen LogP) is -0.126. The topological polar surface area (TPSA) is 41.1 Å². The molecule has 1 amide bonds. The molecule has 0 radical (unpaired) electrons. The summed E-state index contributed by atoms with van der Waals surface area (Å²) < 4.78 is 0. The molecule has 3 nitrogen and oxygen atoms in total. The maximum Gasteiger partial charge on any atom is 0.224 e. The van der Waals surface area contributed by atoms with Crippen molar-refractivity contribution in [2.75, 3.05) is 13.1 Å². The number of amides is 1. The monoisotopic (exact) mass is 154 g/mol. The van der Waals surface area contributed by atoms with Gasteiger partial charge in [0.05, 0.1) is 5.92 Å². The molecule has 2 fully saturated rings. The Morgan fingerprint density at radius 1 is 1.27 bits per heavy atom. The molecule has 2 rings (SSSR count). The van der Waals surface area contributed by atoms with Gasteiger partial charge in [-0.3, -0.25) is 4.79 Å². The minimum atomic E-state index is 0.254. The van der Waals surface area contributed by atoms with Crippen LogP contribution in [0, 0.1) is 5.92 Å². The highest BCUT2D eigenvalue weighted by molar-refractivity contribution is 5.81. The number of rotatable bonds is 1. The first-order valence-corrected chi connectivity index (χ1v) is 4.39. The number of nitrogens with one attached hydrogen (secondary N) is 2. The van der Waals surface area contributed by atoms with Crippen LogP contribution in [0.15, 0.2) is 0 Å². The van der Waals surface area contributed by atoms with Crippen molar-refractivity contribution in [1.29, 1.82) is 0 Å². The molecule has 0 aliphatic carbocycles. The first-order chi connectivity index (χ1) is 5.38. The molecule has 0 saturated carbocycles. The average Bonchev–Trinajstić information content (AvgIpc) is 2.55. The van der Waals surface area contributed by atoms with Crippen LogP contribution in [0.1, 0.15) is 19.3 Å². The molecule has 0 aromatic rings. The van der Waals surface area contributed by atoms with Gasteiger partial charge in [0, 0.05) is 12.6 Å². The lowest BCUT2D eigenvalue weighted by Crippen LogP contribution is -2.35. The Balaban J connectivity index is 1.97. The summed E-state index contributed by atoms with van der Waals surface area (Å²) in [5.41, 5.74) is 0. The SMILES string of the molecule is O=C1NCC[C@@H]1[C@@H]1CCCN1. The van der Waals surface area contributed by atoms with Crippen LogP contribution in [-0.4, -0.2) is 25.0 Å². The average molecular weight is 154 g/mol. The molecule has 0 spiro atoms. The molecule has 0 bridgehead atoms. The summed E-state index contributed by atoms with van der Waals surface area (Å²) in [6.07, 6.45) is 3.43. The van der Waals surface area contributed by atoms with E-state index in [0.717, 1.165) is 19.5 Å². The number of hydrogen-bond acceptors (Lipinski definition) is 2. The van der Waals surface area contributed by atoms with E-state index in [2.05, 4.69) is 10.6 Å². The second-order valence-corrected chi connectivity index (χ2v) is 3.39. The molecule has 3 heteroatoms. The van der Waals surface area contributed by atoms with Gasteiger partial charge in [-0.05, 0) is 25.8 Å². The third-order valence-electron chi connectivity index (χ3n) is 2.68. The molecule has 0 unspecified atom stereocenters. The zero-order valence-corrected chi connectivity index (χ0v) is 6.60. The van der Waals surface area contributed by atoms with Crippen LogP contribution in [0.25, 0.3) is 0 Å². The van der Waals surface area contributed by atoms with E-state index in [9.17, 15) is 4.79 Å². The quantitative estimate of drug-likeness (QED) is 0.552. The highest BCUT2D eigenvalue weighted by atomic mass is 16.2.